The van der Waals surface area contributed by atoms with Gasteiger partial charge in [0, 0.05) is 0 Å². The first-order valence-corrected chi connectivity index (χ1v) is 8.99. The molecule has 0 radical (unpaired) electrons. The highest BCUT2D eigenvalue weighted by Crippen LogP contribution is 2.63. The third-order valence-corrected chi connectivity index (χ3v) is 7.36. The molecular formula is C19H28O3. The Bertz CT molecular complexity index is 525. The van der Waals surface area contributed by atoms with Gasteiger partial charge < -0.3 is 9.47 Å². The van der Waals surface area contributed by atoms with E-state index in [1.807, 2.05) is 6.08 Å². The van der Waals surface area contributed by atoms with Gasteiger partial charge in [0.2, 0.25) is 0 Å². The molecule has 1 saturated heterocycles. The normalized spacial score (nSPS) is 51.0. The van der Waals surface area contributed by atoms with Gasteiger partial charge in [-0.3, -0.25) is 0 Å². The van der Waals surface area contributed by atoms with Crippen LogP contribution in [0.3, 0.4) is 0 Å². The first-order chi connectivity index (χ1) is 10.4. The number of esters is 1. The number of hydrogen-bond donors (Lipinski definition) is 0. The summed E-state index contributed by atoms with van der Waals surface area (Å²) in [6, 6.07) is 0. The number of carbonyl (C=O) groups excluding carboxylic acids is 1. The van der Waals surface area contributed by atoms with Gasteiger partial charge in [0.1, 0.15) is 6.61 Å². The number of hydrogen-bond acceptors (Lipinski definition) is 3. The van der Waals surface area contributed by atoms with Crippen molar-refractivity contribution in [2.24, 2.45) is 23.2 Å². The minimum Gasteiger partial charge on any atom is -0.458 e. The number of carbonyl (C=O) groups is 1. The first-order valence-electron chi connectivity index (χ1n) is 8.99. The van der Waals surface area contributed by atoms with Crippen LogP contribution >= 0.6 is 0 Å². The molecule has 4 rings (SSSR count). The molecular weight excluding hydrogens is 276 g/mol. The number of cyclic esters (lactones) is 1. The van der Waals surface area contributed by atoms with E-state index in [0.717, 1.165) is 30.3 Å². The third-order valence-electron chi connectivity index (χ3n) is 7.36. The van der Waals surface area contributed by atoms with Crippen LogP contribution in [0, 0.1) is 23.2 Å². The van der Waals surface area contributed by atoms with E-state index in [0.29, 0.717) is 17.9 Å². The zero-order valence-electron chi connectivity index (χ0n) is 14.1. The highest BCUT2D eigenvalue weighted by Gasteiger charge is 2.60. The van der Waals surface area contributed by atoms with Gasteiger partial charge in [0.05, 0.1) is 17.3 Å². The molecule has 2 heterocycles. The van der Waals surface area contributed by atoms with Crippen LogP contribution in [0.15, 0.2) is 11.6 Å². The fraction of sp³-hybridized carbons (Fsp3) is 0.842. The predicted molar refractivity (Wildman–Crippen MR) is 84.3 cm³/mol. The Morgan fingerprint density at radius 1 is 1.23 bits per heavy atom. The third kappa shape index (κ3) is 1.94. The zero-order chi connectivity index (χ0) is 15.5. The van der Waals surface area contributed by atoms with Crippen molar-refractivity contribution in [1.29, 1.82) is 0 Å². The molecule has 0 bridgehead atoms. The maximum Gasteiger partial charge on any atom is 0.336 e. The van der Waals surface area contributed by atoms with Crippen molar-refractivity contribution in [3.8, 4) is 0 Å². The van der Waals surface area contributed by atoms with Crippen LogP contribution in [0.5, 0.6) is 0 Å². The molecule has 3 fully saturated rings. The molecule has 3 nitrogen and oxygen atoms in total. The highest BCUT2D eigenvalue weighted by molar-refractivity contribution is 5.91. The summed E-state index contributed by atoms with van der Waals surface area (Å²) >= 11 is 0. The van der Waals surface area contributed by atoms with Crippen molar-refractivity contribution in [3.05, 3.63) is 11.6 Å². The Morgan fingerprint density at radius 2 is 2.05 bits per heavy atom. The second-order valence-electron chi connectivity index (χ2n) is 8.49. The average Bonchev–Trinajstić information content (AvgIpc) is 3.02. The molecule has 0 aromatic carbocycles. The molecule has 22 heavy (non-hydrogen) atoms. The Hall–Kier alpha value is -0.830. The smallest absolute Gasteiger partial charge is 0.336 e. The number of rotatable bonds is 1. The van der Waals surface area contributed by atoms with Gasteiger partial charge in [0.25, 0.3) is 0 Å². The molecule has 2 aliphatic carbocycles. The van der Waals surface area contributed by atoms with Crippen LogP contribution in [0.4, 0.5) is 0 Å². The molecule has 2 saturated carbocycles. The van der Waals surface area contributed by atoms with E-state index in [2.05, 4.69) is 20.8 Å². The summed E-state index contributed by atoms with van der Waals surface area (Å²) in [4.78, 5) is 11.9. The highest BCUT2D eigenvalue weighted by atomic mass is 16.5. The standard InChI is InChI=1S/C19H28O3/c1-12-5-4-8-18(2)14(12)6-9-19(3)16(18)11-15(22-19)13-7-10-21-17(13)20/h7,12,14-16H,4-6,8-11H2,1-3H3/t12-,14+,15-,16-,18+,19+/m0/s1. The van der Waals surface area contributed by atoms with Crippen LogP contribution in [0.1, 0.15) is 59.3 Å². The van der Waals surface area contributed by atoms with E-state index in [9.17, 15) is 4.79 Å². The van der Waals surface area contributed by atoms with Gasteiger partial charge in [-0.05, 0) is 61.9 Å². The molecule has 0 unspecified atom stereocenters. The summed E-state index contributed by atoms with van der Waals surface area (Å²) in [7, 11) is 0. The Balaban J connectivity index is 1.64. The van der Waals surface area contributed by atoms with E-state index in [-0.39, 0.29) is 17.7 Å². The Labute approximate surface area is 133 Å². The lowest BCUT2D eigenvalue weighted by Gasteiger charge is -2.57. The topological polar surface area (TPSA) is 35.5 Å². The molecule has 4 aliphatic rings. The SMILES string of the molecule is C[C@H]1CCC[C@]2(C)[C@@H]1CC[C@@]1(C)O[C@H](C3=CCOC3=O)C[C@@H]21. The largest absolute Gasteiger partial charge is 0.458 e. The van der Waals surface area contributed by atoms with Gasteiger partial charge in [-0.1, -0.05) is 26.7 Å². The Kier molecular flexibility index (Phi) is 3.24. The summed E-state index contributed by atoms with van der Waals surface area (Å²) in [6.45, 7) is 7.66. The summed E-state index contributed by atoms with van der Waals surface area (Å²) in [5.74, 6) is 2.07. The van der Waals surface area contributed by atoms with Crippen molar-refractivity contribution in [2.75, 3.05) is 6.61 Å². The second-order valence-corrected chi connectivity index (χ2v) is 8.49. The maximum atomic E-state index is 11.9. The van der Waals surface area contributed by atoms with E-state index in [4.69, 9.17) is 9.47 Å². The lowest BCUT2D eigenvalue weighted by molar-refractivity contribution is -0.142. The maximum absolute atomic E-state index is 11.9. The quantitative estimate of drug-likeness (QED) is 0.690. The molecule has 0 aromatic heterocycles. The minimum absolute atomic E-state index is 0.0437. The molecule has 6 atom stereocenters. The first kappa shape index (κ1) is 14.7. The van der Waals surface area contributed by atoms with Crippen molar-refractivity contribution in [1.82, 2.24) is 0 Å². The summed E-state index contributed by atoms with van der Waals surface area (Å²) in [6.07, 6.45) is 9.34. The monoisotopic (exact) mass is 304 g/mol. The van der Waals surface area contributed by atoms with E-state index in [1.165, 1.54) is 25.7 Å². The lowest BCUT2D eigenvalue weighted by atomic mass is 9.49. The van der Waals surface area contributed by atoms with Gasteiger partial charge >= 0.3 is 5.97 Å². The van der Waals surface area contributed by atoms with Crippen LogP contribution in [0.2, 0.25) is 0 Å². The molecule has 0 N–H and O–H groups in total. The fourth-order valence-electron chi connectivity index (χ4n) is 6.28. The van der Waals surface area contributed by atoms with Crippen LogP contribution in [0.25, 0.3) is 0 Å². The lowest BCUT2D eigenvalue weighted by Crippen LogP contribution is -2.53. The van der Waals surface area contributed by atoms with Crippen molar-refractivity contribution < 1.29 is 14.3 Å². The van der Waals surface area contributed by atoms with Gasteiger partial charge in [-0.2, -0.15) is 0 Å². The molecule has 2 aliphatic heterocycles. The predicted octanol–water partition coefficient (Wildman–Crippen LogP) is 3.87. The molecule has 3 heteroatoms. The summed E-state index contributed by atoms with van der Waals surface area (Å²) in [5.41, 5.74) is 1.10. The second kappa shape index (κ2) is 4.83. The zero-order valence-corrected chi connectivity index (χ0v) is 14.1. The fourth-order valence-corrected chi connectivity index (χ4v) is 6.28. The summed E-state index contributed by atoms with van der Waals surface area (Å²) < 4.78 is 11.6. The van der Waals surface area contributed by atoms with E-state index >= 15 is 0 Å². The summed E-state index contributed by atoms with van der Waals surface area (Å²) in [5, 5.41) is 0. The van der Waals surface area contributed by atoms with Gasteiger partial charge in [-0.25, -0.2) is 4.79 Å². The number of ether oxygens (including phenoxy) is 2. The van der Waals surface area contributed by atoms with Gasteiger partial charge in [0.15, 0.2) is 0 Å². The van der Waals surface area contributed by atoms with Gasteiger partial charge in [-0.15, -0.1) is 0 Å². The average molecular weight is 304 g/mol. The van der Waals surface area contributed by atoms with Crippen LogP contribution in [-0.2, 0) is 14.3 Å². The van der Waals surface area contributed by atoms with Crippen molar-refractivity contribution in [2.45, 2.75) is 71.0 Å². The molecule has 0 aromatic rings. The van der Waals surface area contributed by atoms with Crippen LogP contribution in [-0.4, -0.2) is 24.3 Å². The Morgan fingerprint density at radius 3 is 2.77 bits per heavy atom. The number of fused-ring (bicyclic) bond motifs is 3. The molecule has 122 valence electrons. The van der Waals surface area contributed by atoms with E-state index in [1.54, 1.807) is 0 Å². The molecule has 0 amide bonds. The van der Waals surface area contributed by atoms with E-state index < -0.39 is 0 Å². The van der Waals surface area contributed by atoms with Crippen molar-refractivity contribution >= 4 is 5.97 Å². The molecule has 0 spiro atoms. The van der Waals surface area contributed by atoms with Crippen LogP contribution < -0.4 is 0 Å². The minimum atomic E-state index is -0.161. The van der Waals surface area contributed by atoms with Crippen molar-refractivity contribution in [3.63, 3.8) is 0 Å².